The molecule has 2 aliphatic rings. The maximum atomic E-state index is 12.9. The molecule has 2 fully saturated rings. The van der Waals surface area contributed by atoms with Gasteiger partial charge in [0, 0.05) is 61.9 Å². The lowest BCUT2D eigenvalue weighted by molar-refractivity contribution is 0.102. The highest BCUT2D eigenvalue weighted by molar-refractivity contribution is 6.04. The van der Waals surface area contributed by atoms with Crippen LogP contribution in [0.2, 0.25) is 0 Å². The van der Waals surface area contributed by atoms with E-state index in [1.807, 2.05) is 36.3 Å². The monoisotopic (exact) mass is 442 g/mol. The number of anilines is 1. The van der Waals surface area contributed by atoms with Crippen LogP contribution in [-0.4, -0.2) is 59.5 Å². The van der Waals surface area contributed by atoms with Gasteiger partial charge in [0.15, 0.2) is 0 Å². The number of aromatic nitrogens is 6. The first kappa shape index (κ1) is 20.0. The number of pyridine rings is 2. The van der Waals surface area contributed by atoms with Gasteiger partial charge in [0.1, 0.15) is 5.82 Å². The van der Waals surface area contributed by atoms with Gasteiger partial charge in [0.2, 0.25) is 0 Å². The van der Waals surface area contributed by atoms with E-state index >= 15 is 0 Å². The number of amides is 1. The molecule has 0 aromatic carbocycles. The van der Waals surface area contributed by atoms with Gasteiger partial charge in [-0.2, -0.15) is 10.2 Å². The zero-order chi connectivity index (χ0) is 22.4. The second-order valence-corrected chi connectivity index (χ2v) is 9.05. The predicted molar refractivity (Wildman–Crippen MR) is 125 cm³/mol. The van der Waals surface area contributed by atoms with E-state index in [2.05, 4.69) is 30.4 Å². The minimum atomic E-state index is -0.204. The third-order valence-corrected chi connectivity index (χ3v) is 6.65. The number of likely N-dealkylation sites (tertiary alicyclic amines) is 1. The van der Waals surface area contributed by atoms with Crippen molar-refractivity contribution in [2.45, 2.75) is 37.8 Å². The number of aryl methyl sites for hydroxylation is 1. The molecule has 168 valence electrons. The van der Waals surface area contributed by atoms with Crippen LogP contribution in [-0.2, 0) is 7.05 Å². The molecule has 1 saturated heterocycles. The third-order valence-electron chi connectivity index (χ3n) is 6.65. The maximum absolute atomic E-state index is 12.9. The van der Waals surface area contributed by atoms with Crippen molar-refractivity contribution >= 4 is 22.5 Å². The Morgan fingerprint density at radius 2 is 1.73 bits per heavy atom. The van der Waals surface area contributed by atoms with Gasteiger partial charge in [-0.3, -0.25) is 19.1 Å². The lowest BCUT2D eigenvalue weighted by Crippen LogP contribution is -2.36. The summed E-state index contributed by atoms with van der Waals surface area (Å²) in [5.74, 6) is 0.298. The summed E-state index contributed by atoms with van der Waals surface area (Å²) in [5, 5.41) is 13.5. The molecular weight excluding hydrogens is 416 g/mol. The Morgan fingerprint density at radius 1 is 0.909 bits per heavy atom. The number of nitrogens with one attached hydrogen (secondary N) is 1. The fourth-order valence-corrected chi connectivity index (χ4v) is 4.62. The Balaban J connectivity index is 1.15. The molecule has 9 nitrogen and oxygen atoms in total. The molecule has 0 radical (unpaired) electrons. The number of hydrogen-bond donors (Lipinski definition) is 1. The molecule has 9 heteroatoms. The lowest BCUT2D eigenvalue weighted by atomic mass is 10.1. The van der Waals surface area contributed by atoms with E-state index in [4.69, 9.17) is 0 Å². The molecule has 0 unspecified atom stereocenters. The van der Waals surface area contributed by atoms with E-state index < -0.39 is 0 Å². The second kappa shape index (κ2) is 8.08. The first-order chi connectivity index (χ1) is 16.1. The van der Waals surface area contributed by atoms with Crippen LogP contribution in [0.3, 0.4) is 0 Å². The molecule has 1 amide bonds. The highest BCUT2D eigenvalue weighted by Crippen LogP contribution is 2.32. The van der Waals surface area contributed by atoms with Gasteiger partial charge < -0.3 is 10.2 Å². The van der Waals surface area contributed by atoms with Gasteiger partial charge >= 0.3 is 0 Å². The summed E-state index contributed by atoms with van der Waals surface area (Å²) in [6, 6.07) is 5.03. The van der Waals surface area contributed by atoms with E-state index in [1.165, 1.54) is 12.8 Å². The van der Waals surface area contributed by atoms with Crippen molar-refractivity contribution in [3.63, 3.8) is 0 Å². The first-order valence-corrected chi connectivity index (χ1v) is 11.5. The van der Waals surface area contributed by atoms with Gasteiger partial charge in [-0.05, 0) is 43.2 Å². The number of nitrogens with zero attached hydrogens (tertiary/aromatic N) is 7. The van der Waals surface area contributed by atoms with Crippen LogP contribution in [0.5, 0.6) is 0 Å². The molecule has 33 heavy (non-hydrogen) atoms. The summed E-state index contributed by atoms with van der Waals surface area (Å²) in [6.07, 6.45) is 15.6. The van der Waals surface area contributed by atoms with Crippen molar-refractivity contribution in [1.29, 1.82) is 0 Å². The summed E-state index contributed by atoms with van der Waals surface area (Å²) in [7, 11) is 1.88. The SMILES string of the molecule is Cn1cc(-c2cc3cc(NC(=O)c4cnn(C5CCN(C6CC6)CC5)c4)ncc3cn2)cn1. The maximum Gasteiger partial charge on any atom is 0.260 e. The average Bonchev–Trinajstić information content (AvgIpc) is 3.40. The smallest absolute Gasteiger partial charge is 0.260 e. The molecule has 1 saturated carbocycles. The molecular formula is C24H26N8O. The number of piperidine rings is 1. The van der Waals surface area contributed by atoms with Gasteiger partial charge in [0.25, 0.3) is 5.91 Å². The molecule has 1 N–H and O–H groups in total. The fourth-order valence-electron chi connectivity index (χ4n) is 4.62. The Labute approximate surface area is 191 Å². The van der Waals surface area contributed by atoms with E-state index in [-0.39, 0.29) is 5.91 Å². The van der Waals surface area contributed by atoms with E-state index in [0.29, 0.717) is 17.4 Å². The molecule has 1 aliphatic carbocycles. The topological polar surface area (TPSA) is 93.8 Å². The molecule has 0 spiro atoms. The van der Waals surface area contributed by atoms with Crippen LogP contribution < -0.4 is 5.32 Å². The van der Waals surface area contributed by atoms with Gasteiger partial charge in [0.05, 0.1) is 29.7 Å². The van der Waals surface area contributed by atoms with Crippen LogP contribution in [0.25, 0.3) is 22.0 Å². The quantitative estimate of drug-likeness (QED) is 0.510. The fraction of sp³-hybridized carbons (Fsp3) is 0.375. The van der Waals surface area contributed by atoms with Crippen LogP contribution >= 0.6 is 0 Å². The minimum absolute atomic E-state index is 0.204. The summed E-state index contributed by atoms with van der Waals surface area (Å²) in [5.41, 5.74) is 2.32. The Hall–Kier alpha value is -3.59. The molecule has 6 rings (SSSR count). The molecule has 0 bridgehead atoms. The van der Waals surface area contributed by atoms with E-state index in [1.54, 1.807) is 29.5 Å². The lowest BCUT2D eigenvalue weighted by Gasteiger charge is -2.32. The number of carbonyl (C=O) groups is 1. The molecule has 4 aromatic rings. The molecule has 1 aliphatic heterocycles. The van der Waals surface area contributed by atoms with Crippen molar-refractivity contribution in [3.8, 4) is 11.3 Å². The van der Waals surface area contributed by atoms with Crippen LogP contribution in [0.15, 0.2) is 49.3 Å². The Kier molecular flexibility index (Phi) is 4.91. The van der Waals surface area contributed by atoms with Crippen molar-refractivity contribution in [3.05, 3.63) is 54.9 Å². The molecule has 4 aromatic heterocycles. The number of carbonyl (C=O) groups excluding carboxylic acids is 1. The predicted octanol–water partition coefficient (Wildman–Crippen LogP) is 3.28. The Morgan fingerprint density at radius 3 is 2.48 bits per heavy atom. The van der Waals surface area contributed by atoms with Gasteiger partial charge in [-0.1, -0.05) is 0 Å². The standard InChI is InChI=1S/C24H26N8O/c1-30-14-18(12-27-30)22-8-16-9-23(26-11-17(16)10-25-22)29-24(33)19-13-28-32(15-19)21-4-6-31(7-5-21)20-2-3-20/h8-15,20-21H,2-7H2,1H3,(H,26,29,33). The van der Waals surface area contributed by atoms with Crippen molar-refractivity contribution in [2.75, 3.05) is 18.4 Å². The molecule has 5 heterocycles. The summed E-state index contributed by atoms with van der Waals surface area (Å²) >= 11 is 0. The highest BCUT2D eigenvalue weighted by atomic mass is 16.1. The van der Waals surface area contributed by atoms with Crippen molar-refractivity contribution in [2.24, 2.45) is 7.05 Å². The number of hydrogen-bond acceptors (Lipinski definition) is 6. The van der Waals surface area contributed by atoms with Gasteiger partial charge in [-0.15, -0.1) is 0 Å². The van der Waals surface area contributed by atoms with Gasteiger partial charge in [-0.25, -0.2) is 4.98 Å². The molecule has 0 atom stereocenters. The summed E-state index contributed by atoms with van der Waals surface area (Å²) < 4.78 is 3.70. The zero-order valence-corrected chi connectivity index (χ0v) is 18.6. The Bertz CT molecular complexity index is 1310. The normalized spacial score (nSPS) is 17.5. The highest BCUT2D eigenvalue weighted by Gasteiger charge is 2.32. The second-order valence-electron chi connectivity index (χ2n) is 9.05. The first-order valence-electron chi connectivity index (χ1n) is 11.5. The number of rotatable bonds is 5. The van der Waals surface area contributed by atoms with E-state index in [0.717, 1.165) is 54.0 Å². The van der Waals surface area contributed by atoms with Crippen molar-refractivity contribution in [1.82, 2.24) is 34.4 Å². The largest absolute Gasteiger partial charge is 0.306 e. The third kappa shape index (κ3) is 4.11. The average molecular weight is 443 g/mol. The van der Waals surface area contributed by atoms with Crippen LogP contribution in [0, 0.1) is 0 Å². The minimum Gasteiger partial charge on any atom is -0.306 e. The summed E-state index contributed by atoms with van der Waals surface area (Å²) in [6.45, 7) is 2.24. The van der Waals surface area contributed by atoms with Crippen LogP contribution in [0.4, 0.5) is 5.82 Å². The summed E-state index contributed by atoms with van der Waals surface area (Å²) in [4.78, 5) is 24.3. The van der Waals surface area contributed by atoms with Crippen molar-refractivity contribution < 1.29 is 4.79 Å². The number of fused-ring (bicyclic) bond motifs is 1. The van der Waals surface area contributed by atoms with Crippen LogP contribution in [0.1, 0.15) is 42.1 Å². The zero-order valence-electron chi connectivity index (χ0n) is 18.6. The van der Waals surface area contributed by atoms with E-state index in [9.17, 15) is 4.79 Å².